The van der Waals surface area contributed by atoms with Crippen LogP contribution in [-0.4, -0.2) is 18.6 Å². The Bertz CT molecular complexity index is 482. The summed E-state index contributed by atoms with van der Waals surface area (Å²) in [6, 6.07) is 7.95. The molecule has 0 fully saturated rings. The fraction of sp³-hybridized carbons (Fsp3) is 0.308. The van der Waals surface area contributed by atoms with Gasteiger partial charge in [-0.15, -0.1) is 11.3 Å². The molecule has 0 aliphatic carbocycles. The predicted octanol–water partition coefficient (Wildman–Crippen LogP) is 3.15. The van der Waals surface area contributed by atoms with Crippen molar-refractivity contribution in [2.75, 3.05) is 13.6 Å². The minimum absolute atomic E-state index is 0.787. The van der Waals surface area contributed by atoms with Crippen LogP contribution in [0.25, 0.3) is 0 Å². The molecule has 2 nitrogen and oxygen atoms in total. The van der Waals surface area contributed by atoms with Gasteiger partial charge < -0.3 is 5.32 Å². The van der Waals surface area contributed by atoms with E-state index in [1.54, 1.807) is 11.3 Å². The van der Waals surface area contributed by atoms with E-state index < -0.39 is 0 Å². The molecule has 0 unspecified atom stereocenters. The molecule has 2 rings (SSSR count). The Kier molecular flexibility index (Phi) is 4.54. The van der Waals surface area contributed by atoms with E-state index >= 15 is 0 Å². The molecular weight excluding hydrogens is 252 g/mol. The van der Waals surface area contributed by atoms with Crippen molar-refractivity contribution in [2.24, 2.45) is 0 Å². The highest BCUT2D eigenvalue weighted by Gasteiger charge is 2.03. The van der Waals surface area contributed by atoms with Gasteiger partial charge in [0.05, 0.1) is 10.7 Å². The Morgan fingerprint density at radius 2 is 2.29 bits per heavy atom. The Morgan fingerprint density at radius 1 is 1.41 bits per heavy atom. The maximum atomic E-state index is 5.96. The fourth-order valence-corrected chi connectivity index (χ4v) is 2.70. The molecule has 0 aliphatic rings. The van der Waals surface area contributed by atoms with Crippen molar-refractivity contribution in [1.82, 2.24) is 10.3 Å². The van der Waals surface area contributed by atoms with E-state index in [0.29, 0.717) is 0 Å². The lowest BCUT2D eigenvalue weighted by atomic mass is 10.2. The van der Waals surface area contributed by atoms with Crippen molar-refractivity contribution >= 4 is 22.9 Å². The average molecular weight is 267 g/mol. The van der Waals surface area contributed by atoms with Crippen molar-refractivity contribution in [3.8, 4) is 0 Å². The topological polar surface area (TPSA) is 24.9 Å². The second-order valence-corrected chi connectivity index (χ2v) is 5.27. The van der Waals surface area contributed by atoms with E-state index in [-0.39, 0.29) is 0 Å². The van der Waals surface area contributed by atoms with Crippen molar-refractivity contribution in [3.63, 3.8) is 0 Å². The van der Waals surface area contributed by atoms with Gasteiger partial charge in [-0.05, 0) is 24.7 Å². The van der Waals surface area contributed by atoms with Gasteiger partial charge >= 0.3 is 0 Å². The second-order valence-electron chi connectivity index (χ2n) is 3.89. The predicted molar refractivity (Wildman–Crippen MR) is 74.0 cm³/mol. The van der Waals surface area contributed by atoms with Crippen molar-refractivity contribution < 1.29 is 0 Å². The smallest absolute Gasteiger partial charge is 0.0972 e. The van der Waals surface area contributed by atoms with E-state index in [2.05, 4.69) is 21.7 Å². The molecule has 90 valence electrons. The quantitative estimate of drug-likeness (QED) is 0.899. The number of rotatable bonds is 5. The molecule has 17 heavy (non-hydrogen) atoms. The number of hydrogen-bond donors (Lipinski definition) is 1. The number of nitrogens with zero attached hydrogens (tertiary/aromatic N) is 1. The summed E-state index contributed by atoms with van der Waals surface area (Å²) in [6.45, 7) is 0.973. The number of thiazole rings is 1. The Labute approximate surface area is 111 Å². The molecule has 4 heteroatoms. The van der Waals surface area contributed by atoms with Crippen molar-refractivity contribution in [3.05, 3.63) is 50.9 Å². The summed E-state index contributed by atoms with van der Waals surface area (Å²) in [6.07, 6.45) is 1.85. The largest absolute Gasteiger partial charge is 0.319 e. The van der Waals surface area contributed by atoms with E-state index in [1.807, 2.05) is 25.2 Å². The molecule has 0 saturated carbocycles. The summed E-state index contributed by atoms with van der Waals surface area (Å²) >= 11 is 7.68. The van der Waals surface area contributed by atoms with Crippen molar-refractivity contribution in [1.29, 1.82) is 0 Å². The van der Waals surface area contributed by atoms with Crippen LogP contribution >= 0.6 is 22.9 Å². The van der Waals surface area contributed by atoms with Crippen LogP contribution in [0.5, 0.6) is 0 Å². The third-order valence-electron chi connectivity index (χ3n) is 2.47. The number of halogens is 1. The Hall–Kier alpha value is -0.900. The van der Waals surface area contributed by atoms with Crippen LogP contribution in [0.3, 0.4) is 0 Å². The number of nitrogens with one attached hydrogen (secondary N) is 1. The number of aromatic nitrogens is 1. The summed E-state index contributed by atoms with van der Waals surface area (Å²) in [5, 5.41) is 7.20. The highest BCUT2D eigenvalue weighted by molar-refractivity contribution is 7.09. The van der Waals surface area contributed by atoms with Gasteiger partial charge in [0.25, 0.3) is 0 Å². The third kappa shape index (κ3) is 3.80. The van der Waals surface area contributed by atoms with Gasteiger partial charge in [-0.25, -0.2) is 4.98 Å². The molecule has 1 N–H and O–H groups in total. The average Bonchev–Trinajstić information content (AvgIpc) is 2.74. The summed E-state index contributed by atoms with van der Waals surface area (Å²) in [7, 11) is 1.96. The van der Waals surface area contributed by atoms with Gasteiger partial charge in [0.2, 0.25) is 0 Å². The van der Waals surface area contributed by atoms with Crippen LogP contribution in [0.1, 0.15) is 16.3 Å². The van der Waals surface area contributed by atoms with Gasteiger partial charge in [0.1, 0.15) is 0 Å². The molecule has 1 heterocycles. The van der Waals surface area contributed by atoms with Crippen LogP contribution in [0.2, 0.25) is 5.02 Å². The van der Waals surface area contributed by atoms with Crippen LogP contribution in [0, 0.1) is 0 Å². The lowest BCUT2D eigenvalue weighted by Crippen LogP contribution is -2.10. The molecule has 0 saturated heterocycles. The van der Waals surface area contributed by atoms with Crippen LogP contribution in [0.4, 0.5) is 0 Å². The van der Waals surface area contributed by atoms with Crippen LogP contribution < -0.4 is 5.32 Å². The molecule has 0 radical (unpaired) electrons. The monoisotopic (exact) mass is 266 g/mol. The Balaban J connectivity index is 2.01. The molecule has 0 atom stereocenters. The first kappa shape index (κ1) is 12.6. The molecule has 1 aromatic heterocycles. The third-order valence-corrected chi connectivity index (χ3v) is 3.61. The van der Waals surface area contributed by atoms with Gasteiger partial charge in [0, 0.05) is 29.8 Å². The SMILES string of the molecule is CNCCc1csc(Cc2cccc(Cl)c2)n1. The Morgan fingerprint density at radius 3 is 3.06 bits per heavy atom. The van der Waals surface area contributed by atoms with E-state index in [9.17, 15) is 0 Å². The highest BCUT2D eigenvalue weighted by atomic mass is 35.5. The van der Waals surface area contributed by atoms with Gasteiger partial charge in [-0.3, -0.25) is 0 Å². The lowest BCUT2D eigenvalue weighted by molar-refractivity contribution is 0.778. The first-order valence-corrected chi connectivity index (χ1v) is 6.86. The number of benzene rings is 1. The van der Waals surface area contributed by atoms with Crippen molar-refractivity contribution in [2.45, 2.75) is 12.8 Å². The highest BCUT2D eigenvalue weighted by Crippen LogP contribution is 2.17. The lowest BCUT2D eigenvalue weighted by Gasteiger charge is -1.98. The normalized spacial score (nSPS) is 10.7. The van der Waals surface area contributed by atoms with Gasteiger partial charge in [-0.1, -0.05) is 23.7 Å². The van der Waals surface area contributed by atoms with Gasteiger partial charge in [0.15, 0.2) is 0 Å². The van der Waals surface area contributed by atoms with Gasteiger partial charge in [-0.2, -0.15) is 0 Å². The molecule has 0 amide bonds. The van der Waals surface area contributed by atoms with Crippen LogP contribution in [-0.2, 0) is 12.8 Å². The maximum Gasteiger partial charge on any atom is 0.0972 e. The fourth-order valence-electron chi connectivity index (χ4n) is 1.62. The molecule has 0 bridgehead atoms. The zero-order chi connectivity index (χ0) is 12.1. The number of likely N-dealkylation sites (N-methyl/N-ethyl adjacent to an activating group) is 1. The summed E-state index contributed by atoms with van der Waals surface area (Å²) < 4.78 is 0. The molecular formula is C13H15ClN2S. The van der Waals surface area contributed by atoms with E-state index in [1.165, 1.54) is 11.3 Å². The summed E-state index contributed by atoms with van der Waals surface area (Å²) in [5.74, 6) is 0. The zero-order valence-electron chi connectivity index (χ0n) is 9.74. The van der Waals surface area contributed by atoms with E-state index in [0.717, 1.165) is 29.4 Å². The standard InChI is InChI=1S/C13H15ClN2S/c1-15-6-5-12-9-17-13(16-12)8-10-3-2-4-11(14)7-10/h2-4,7,9,15H,5-6,8H2,1H3. The minimum atomic E-state index is 0.787. The minimum Gasteiger partial charge on any atom is -0.319 e. The zero-order valence-corrected chi connectivity index (χ0v) is 11.3. The van der Waals surface area contributed by atoms with Crippen LogP contribution in [0.15, 0.2) is 29.6 Å². The molecule has 1 aromatic carbocycles. The summed E-state index contributed by atoms with van der Waals surface area (Å²) in [5.41, 5.74) is 2.38. The summed E-state index contributed by atoms with van der Waals surface area (Å²) in [4.78, 5) is 4.61. The maximum absolute atomic E-state index is 5.96. The first-order chi connectivity index (χ1) is 8.28. The van der Waals surface area contributed by atoms with E-state index in [4.69, 9.17) is 11.6 Å². The molecule has 0 aliphatic heterocycles. The first-order valence-electron chi connectivity index (χ1n) is 5.60. The molecule has 0 spiro atoms. The number of hydrogen-bond acceptors (Lipinski definition) is 3. The molecule has 2 aromatic rings. The second kappa shape index (κ2) is 6.15.